The number of benzene rings is 1. The third-order valence-electron chi connectivity index (χ3n) is 4.14. The maximum Gasteiger partial charge on any atom is 0.262 e. The number of thiophene rings is 1. The van der Waals surface area contributed by atoms with Gasteiger partial charge in [-0.15, -0.1) is 11.3 Å². The number of rotatable bonds is 7. The zero-order valence-corrected chi connectivity index (χ0v) is 16.0. The molecule has 7 heteroatoms. The van der Waals surface area contributed by atoms with Crippen LogP contribution in [0.3, 0.4) is 0 Å². The van der Waals surface area contributed by atoms with Crippen LogP contribution in [-0.2, 0) is 17.8 Å². The van der Waals surface area contributed by atoms with Crippen molar-refractivity contribution < 1.29 is 14.0 Å². The van der Waals surface area contributed by atoms with Crippen molar-refractivity contribution in [2.45, 2.75) is 32.9 Å². The van der Waals surface area contributed by atoms with Gasteiger partial charge in [-0.05, 0) is 30.9 Å². The Bertz CT molecular complexity index is 884. The average Bonchev–Trinajstić information content (AvgIpc) is 3.30. The van der Waals surface area contributed by atoms with E-state index in [0.717, 1.165) is 17.0 Å². The average molecular weight is 383 g/mol. The summed E-state index contributed by atoms with van der Waals surface area (Å²) in [5.41, 5.74) is 1.76. The van der Waals surface area contributed by atoms with E-state index in [2.05, 4.69) is 15.6 Å². The van der Waals surface area contributed by atoms with Gasteiger partial charge in [-0.3, -0.25) is 9.59 Å². The molecular formula is C20H21N3O3S. The van der Waals surface area contributed by atoms with E-state index >= 15 is 0 Å². The number of hydrogen-bond donors (Lipinski definition) is 2. The summed E-state index contributed by atoms with van der Waals surface area (Å²) in [4.78, 5) is 30.0. The van der Waals surface area contributed by atoms with Crippen LogP contribution in [0.5, 0.6) is 0 Å². The Labute approximate surface area is 161 Å². The molecule has 1 atom stereocenters. The zero-order valence-electron chi connectivity index (χ0n) is 15.2. The third-order valence-corrected chi connectivity index (χ3v) is 5.00. The Kier molecular flexibility index (Phi) is 6.03. The van der Waals surface area contributed by atoms with E-state index in [1.165, 1.54) is 11.3 Å². The SMILES string of the molecule is Cc1nc(CNC(=O)C(Cc2ccccc2)NC(=O)c2cccs2)oc1C. The minimum Gasteiger partial charge on any atom is -0.444 e. The van der Waals surface area contributed by atoms with E-state index in [1.807, 2.05) is 49.6 Å². The van der Waals surface area contributed by atoms with Crippen LogP contribution < -0.4 is 10.6 Å². The highest BCUT2D eigenvalue weighted by Gasteiger charge is 2.22. The number of oxazole rings is 1. The predicted molar refractivity (Wildman–Crippen MR) is 104 cm³/mol. The molecule has 0 saturated heterocycles. The van der Waals surface area contributed by atoms with Gasteiger partial charge in [-0.2, -0.15) is 0 Å². The number of carbonyl (C=O) groups excluding carboxylic acids is 2. The lowest BCUT2D eigenvalue weighted by Crippen LogP contribution is -2.47. The molecule has 140 valence electrons. The van der Waals surface area contributed by atoms with Gasteiger partial charge >= 0.3 is 0 Å². The molecule has 0 saturated carbocycles. The molecule has 3 rings (SSSR count). The largest absolute Gasteiger partial charge is 0.444 e. The summed E-state index contributed by atoms with van der Waals surface area (Å²) in [5, 5.41) is 7.46. The summed E-state index contributed by atoms with van der Waals surface area (Å²) in [5.74, 6) is 0.633. The van der Waals surface area contributed by atoms with Crippen molar-refractivity contribution in [3.63, 3.8) is 0 Å². The summed E-state index contributed by atoms with van der Waals surface area (Å²) in [7, 11) is 0. The van der Waals surface area contributed by atoms with Gasteiger partial charge in [0.15, 0.2) is 0 Å². The van der Waals surface area contributed by atoms with E-state index in [9.17, 15) is 9.59 Å². The molecule has 0 bridgehead atoms. The smallest absolute Gasteiger partial charge is 0.262 e. The molecule has 0 radical (unpaired) electrons. The van der Waals surface area contributed by atoms with Gasteiger partial charge in [0.25, 0.3) is 5.91 Å². The molecule has 6 nitrogen and oxygen atoms in total. The van der Waals surface area contributed by atoms with Crippen LogP contribution >= 0.6 is 11.3 Å². The van der Waals surface area contributed by atoms with E-state index in [1.54, 1.807) is 12.1 Å². The van der Waals surface area contributed by atoms with Gasteiger partial charge in [0.1, 0.15) is 11.8 Å². The number of aryl methyl sites for hydroxylation is 2. The zero-order chi connectivity index (χ0) is 19.2. The predicted octanol–water partition coefficient (Wildman–Crippen LogP) is 3.01. The molecule has 1 aromatic carbocycles. The number of amides is 2. The Morgan fingerprint density at radius 3 is 2.56 bits per heavy atom. The van der Waals surface area contributed by atoms with Crippen molar-refractivity contribution in [3.05, 3.63) is 75.6 Å². The molecule has 0 aliphatic rings. The van der Waals surface area contributed by atoms with E-state index < -0.39 is 6.04 Å². The van der Waals surface area contributed by atoms with Crippen LogP contribution in [0.15, 0.2) is 52.3 Å². The summed E-state index contributed by atoms with van der Waals surface area (Å²) in [6.07, 6.45) is 0.396. The normalized spacial score (nSPS) is 11.8. The summed E-state index contributed by atoms with van der Waals surface area (Å²) in [6.45, 7) is 3.85. The number of hydrogen-bond acceptors (Lipinski definition) is 5. The minimum atomic E-state index is -0.695. The van der Waals surface area contributed by atoms with Gasteiger partial charge in [0.05, 0.1) is 17.1 Å². The van der Waals surface area contributed by atoms with Crippen molar-refractivity contribution >= 4 is 23.2 Å². The fourth-order valence-electron chi connectivity index (χ4n) is 2.60. The summed E-state index contributed by atoms with van der Waals surface area (Å²) < 4.78 is 5.49. The quantitative estimate of drug-likeness (QED) is 0.657. The Morgan fingerprint density at radius 2 is 1.93 bits per heavy atom. The van der Waals surface area contributed by atoms with E-state index in [-0.39, 0.29) is 18.4 Å². The van der Waals surface area contributed by atoms with Crippen LogP contribution in [0.25, 0.3) is 0 Å². The Balaban J connectivity index is 1.69. The molecule has 2 aromatic heterocycles. The lowest BCUT2D eigenvalue weighted by Gasteiger charge is -2.18. The molecule has 0 aliphatic heterocycles. The van der Waals surface area contributed by atoms with Gasteiger partial charge in [0.2, 0.25) is 11.8 Å². The molecule has 2 amide bonds. The molecule has 0 aliphatic carbocycles. The van der Waals surface area contributed by atoms with Gasteiger partial charge < -0.3 is 15.1 Å². The standard InChI is InChI=1S/C20H21N3O3S/c1-13-14(2)26-18(22-13)12-21-19(24)16(11-15-7-4-3-5-8-15)23-20(25)17-9-6-10-27-17/h3-10,16H,11-12H2,1-2H3,(H,21,24)(H,23,25). The highest BCUT2D eigenvalue weighted by atomic mass is 32.1. The molecule has 1 unspecified atom stereocenters. The maximum absolute atomic E-state index is 12.7. The van der Waals surface area contributed by atoms with Crippen LogP contribution in [0, 0.1) is 13.8 Å². The van der Waals surface area contributed by atoms with Crippen molar-refractivity contribution in [1.29, 1.82) is 0 Å². The third kappa shape index (κ3) is 5.04. The fourth-order valence-corrected chi connectivity index (χ4v) is 3.22. The van der Waals surface area contributed by atoms with Crippen LogP contribution in [0.2, 0.25) is 0 Å². The Hall–Kier alpha value is -2.93. The minimum absolute atomic E-state index is 0.174. The van der Waals surface area contributed by atoms with Gasteiger partial charge in [0, 0.05) is 6.42 Å². The monoisotopic (exact) mass is 383 g/mol. The molecule has 3 aromatic rings. The lowest BCUT2D eigenvalue weighted by molar-refractivity contribution is -0.123. The molecule has 2 N–H and O–H groups in total. The fraction of sp³-hybridized carbons (Fsp3) is 0.250. The van der Waals surface area contributed by atoms with Crippen LogP contribution in [0.4, 0.5) is 0 Å². The van der Waals surface area contributed by atoms with Crippen LogP contribution in [-0.4, -0.2) is 22.8 Å². The van der Waals surface area contributed by atoms with Crippen molar-refractivity contribution in [2.24, 2.45) is 0 Å². The molecule has 2 heterocycles. The van der Waals surface area contributed by atoms with Gasteiger partial charge in [-0.1, -0.05) is 36.4 Å². The summed E-state index contributed by atoms with van der Waals surface area (Å²) in [6, 6.07) is 12.4. The Morgan fingerprint density at radius 1 is 1.15 bits per heavy atom. The number of carbonyl (C=O) groups is 2. The highest BCUT2D eigenvalue weighted by Crippen LogP contribution is 2.11. The molecule has 0 spiro atoms. The van der Waals surface area contributed by atoms with E-state index in [0.29, 0.717) is 17.2 Å². The van der Waals surface area contributed by atoms with Crippen molar-refractivity contribution in [2.75, 3.05) is 0 Å². The number of aromatic nitrogens is 1. The first-order valence-electron chi connectivity index (χ1n) is 8.62. The first-order valence-corrected chi connectivity index (χ1v) is 9.50. The van der Waals surface area contributed by atoms with E-state index in [4.69, 9.17) is 4.42 Å². The molecular weight excluding hydrogens is 362 g/mol. The summed E-state index contributed by atoms with van der Waals surface area (Å²) >= 11 is 1.34. The second-order valence-electron chi connectivity index (χ2n) is 6.16. The molecule has 0 fully saturated rings. The lowest BCUT2D eigenvalue weighted by atomic mass is 10.1. The number of nitrogens with zero attached hydrogens (tertiary/aromatic N) is 1. The molecule has 27 heavy (non-hydrogen) atoms. The first kappa shape index (κ1) is 18.8. The second kappa shape index (κ2) is 8.64. The number of nitrogens with one attached hydrogen (secondary N) is 2. The van der Waals surface area contributed by atoms with Crippen LogP contribution in [0.1, 0.15) is 32.6 Å². The van der Waals surface area contributed by atoms with Crippen molar-refractivity contribution in [1.82, 2.24) is 15.6 Å². The maximum atomic E-state index is 12.7. The second-order valence-corrected chi connectivity index (χ2v) is 7.11. The van der Waals surface area contributed by atoms with Gasteiger partial charge in [-0.25, -0.2) is 4.98 Å². The first-order chi connectivity index (χ1) is 13.0. The topological polar surface area (TPSA) is 84.2 Å². The highest BCUT2D eigenvalue weighted by molar-refractivity contribution is 7.12. The van der Waals surface area contributed by atoms with Crippen molar-refractivity contribution in [3.8, 4) is 0 Å².